The lowest BCUT2D eigenvalue weighted by Gasteiger charge is -2.09. The number of pyridine rings is 1. The van der Waals surface area contributed by atoms with E-state index in [0.717, 1.165) is 38.6 Å². The molecule has 0 saturated carbocycles. The summed E-state index contributed by atoms with van der Waals surface area (Å²) in [6, 6.07) is 20.9. The van der Waals surface area contributed by atoms with Crippen LogP contribution in [0.4, 0.5) is 0 Å². The van der Waals surface area contributed by atoms with Gasteiger partial charge in [-0.3, -0.25) is 9.38 Å². The zero-order valence-electron chi connectivity index (χ0n) is 13.2. The summed E-state index contributed by atoms with van der Waals surface area (Å²) in [6.07, 6.45) is 3.49. The molecule has 0 atom stereocenters. The number of para-hydroxylation sites is 2. The van der Waals surface area contributed by atoms with Crippen LogP contribution < -0.4 is 0 Å². The first-order valence-corrected chi connectivity index (χ1v) is 8.23. The highest BCUT2D eigenvalue weighted by Gasteiger charge is 2.16. The predicted octanol–water partition coefficient (Wildman–Crippen LogP) is 4.74. The minimum absolute atomic E-state index is 0.842. The number of benzene rings is 3. The SMILES string of the molecule is c1ccc2c(c1)ccc1c3nccnc3n3c4ccccc4nc3c21. The van der Waals surface area contributed by atoms with E-state index in [1.165, 1.54) is 10.8 Å². The first-order chi connectivity index (χ1) is 12.4. The molecule has 116 valence electrons. The summed E-state index contributed by atoms with van der Waals surface area (Å²) >= 11 is 0. The summed E-state index contributed by atoms with van der Waals surface area (Å²) in [7, 11) is 0. The molecule has 0 unspecified atom stereocenters. The van der Waals surface area contributed by atoms with Crippen LogP contribution in [0, 0.1) is 0 Å². The largest absolute Gasteiger partial charge is 0.274 e. The van der Waals surface area contributed by atoms with Crippen LogP contribution in [0.1, 0.15) is 0 Å². The van der Waals surface area contributed by atoms with Gasteiger partial charge in [0, 0.05) is 23.2 Å². The predicted molar refractivity (Wildman–Crippen MR) is 101 cm³/mol. The Morgan fingerprint density at radius 3 is 2.52 bits per heavy atom. The smallest absolute Gasteiger partial charge is 0.165 e. The van der Waals surface area contributed by atoms with E-state index in [4.69, 9.17) is 4.98 Å². The number of hydrogen-bond acceptors (Lipinski definition) is 3. The maximum atomic E-state index is 4.94. The fraction of sp³-hybridized carbons (Fsp3) is 0. The van der Waals surface area contributed by atoms with Gasteiger partial charge in [0.2, 0.25) is 0 Å². The Kier molecular flexibility index (Phi) is 2.32. The van der Waals surface area contributed by atoms with Gasteiger partial charge < -0.3 is 0 Å². The van der Waals surface area contributed by atoms with Crippen molar-refractivity contribution in [2.75, 3.05) is 0 Å². The van der Waals surface area contributed by atoms with Crippen molar-refractivity contribution in [1.82, 2.24) is 19.4 Å². The Hall–Kier alpha value is -3.53. The van der Waals surface area contributed by atoms with E-state index in [-0.39, 0.29) is 0 Å². The third-order valence-electron chi connectivity index (χ3n) is 4.86. The average Bonchev–Trinajstić information content (AvgIpc) is 3.07. The fourth-order valence-electron chi connectivity index (χ4n) is 3.80. The molecule has 0 aliphatic heterocycles. The Morgan fingerprint density at radius 1 is 0.680 bits per heavy atom. The molecule has 4 nitrogen and oxygen atoms in total. The molecule has 0 radical (unpaired) electrons. The van der Waals surface area contributed by atoms with E-state index >= 15 is 0 Å². The van der Waals surface area contributed by atoms with Crippen LogP contribution in [0.15, 0.2) is 73.1 Å². The number of fused-ring (bicyclic) bond motifs is 10. The van der Waals surface area contributed by atoms with Crippen LogP contribution in [0.3, 0.4) is 0 Å². The third-order valence-corrected chi connectivity index (χ3v) is 4.86. The van der Waals surface area contributed by atoms with E-state index < -0.39 is 0 Å². The number of nitrogens with zero attached hydrogens (tertiary/aromatic N) is 4. The molecule has 3 aromatic carbocycles. The summed E-state index contributed by atoms with van der Waals surface area (Å²) in [5.74, 6) is 0. The number of hydrogen-bond donors (Lipinski definition) is 0. The van der Waals surface area contributed by atoms with Crippen molar-refractivity contribution in [2.24, 2.45) is 0 Å². The van der Waals surface area contributed by atoms with Crippen LogP contribution in [0.25, 0.3) is 49.4 Å². The van der Waals surface area contributed by atoms with E-state index in [9.17, 15) is 0 Å². The summed E-state index contributed by atoms with van der Waals surface area (Å²) in [5, 5.41) is 4.60. The molecule has 3 heterocycles. The average molecular weight is 320 g/mol. The third kappa shape index (κ3) is 1.58. The van der Waals surface area contributed by atoms with Gasteiger partial charge in [0.1, 0.15) is 11.2 Å². The fourth-order valence-corrected chi connectivity index (χ4v) is 3.80. The normalized spacial score (nSPS) is 12.0. The minimum Gasteiger partial charge on any atom is -0.274 e. The Labute approximate surface area is 142 Å². The van der Waals surface area contributed by atoms with Crippen LogP contribution >= 0.6 is 0 Å². The lowest BCUT2D eigenvalue weighted by Crippen LogP contribution is -1.96. The zero-order valence-corrected chi connectivity index (χ0v) is 13.2. The number of imidazole rings is 1. The molecule has 0 N–H and O–H groups in total. The molecule has 0 aliphatic carbocycles. The monoisotopic (exact) mass is 320 g/mol. The van der Waals surface area contributed by atoms with Gasteiger partial charge in [0.25, 0.3) is 0 Å². The van der Waals surface area contributed by atoms with Crippen molar-refractivity contribution in [1.29, 1.82) is 0 Å². The van der Waals surface area contributed by atoms with Crippen LogP contribution in [-0.2, 0) is 0 Å². The van der Waals surface area contributed by atoms with E-state index in [1.807, 2.05) is 18.2 Å². The lowest BCUT2D eigenvalue weighted by atomic mass is 10.0. The molecule has 0 aliphatic rings. The first-order valence-electron chi connectivity index (χ1n) is 8.23. The lowest BCUT2D eigenvalue weighted by molar-refractivity contribution is 1.19. The molecule has 6 aromatic rings. The Morgan fingerprint density at radius 2 is 1.52 bits per heavy atom. The molecular formula is C21H12N4. The van der Waals surface area contributed by atoms with Gasteiger partial charge in [-0.2, -0.15) is 0 Å². The zero-order chi connectivity index (χ0) is 16.4. The van der Waals surface area contributed by atoms with Crippen molar-refractivity contribution in [2.45, 2.75) is 0 Å². The second kappa shape index (κ2) is 4.51. The molecule has 3 aromatic heterocycles. The molecule has 4 heteroatoms. The van der Waals surface area contributed by atoms with Crippen molar-refractivity contribution >= 4 is 49.4 Å². The topological polar surface area (TPSA) is 43.1 Å². The molecular weight excluding hydrogens is 308 g/mol. The number of aromatic nitrogens is 4. The highest BCUT2D eigenvalue weighted by Crippen LogP contribution is 2.34. The highest BCUT2D eigenvalue weighted by molar-refractivity contribution is 6.21. The van der Waals surface area contributed by atoms with Gasteiger partial charge in [0.05, 0.1) is 11.0 Å². The van der Waals surface area contributed by atoms with Gasteiger partial charge in [-0.25, -0.2) is 9.97 Å². The van der Waals surface area contributed by atoms with Crippen LogP contribution in [-0.4, -0.2) is 19.4 Å². The summed E-state index contributed by atoms with van der Waals surface area (Å²) in [6.45, 7) is 0. The standard InChI is InChI=1S/C21H12N4/c1-2-6-14-13(5-1)9-10-15-18(14)20-24-16-7-3-4-8-17(16)25(20)21-19(15)22-11-12-23-21/h1-12H. The molecule has 0 amide bonds. The van der Waals surface area contributed by atoms with E-state index in [1.54, 1.807) is 12.4 Å². The second-order valence-corrected chi connectivity index (χ2v) is 6.20. The van der Waals surface area contributed by atoms with Crippen molar-refractivity contribution in [3.63, 3.8) is 0 Å². The summed E-state index contributed by atoms with van der Waals surface area (Å²) in [4.78, 5) is 14.2. The van der Waals surface area contributed by atoms with Crippen molar-refractivity contribution in [3.8, 4) is 0 Å². The Bertz CT molecular complexity index is 1450. The highest BCUT2D eigenvalue weighted by atomic mass is 15.1. The van der Waals surface area contributed by atoms with Gasteiger partial charge in [0.15, 0.2) is 5.65 Å². The maximum Gasteiger partial charge on any atom is 0.165 e. The van der Waals surface area contributed by atoms with Crippen molar-refractivity contribution in [3.05, 3.63) is 73.1 Å². The van der Waals surface area contributed by atoms with Crippen LogP contribution in [0.2, 0.25) is 0 Å². The molecule has 0 spiro atoms. The van der Waals surface area contributed by atoms with E-state index in [0.29, 0.717) is 0 Å². The molecule has 25 heavy (non-hydrogen) atoms. The summed E-state index contributed by atoms with van der Waals surface area (Å²) in [5.41, 5.74) is 4.70. The van der Waals surface area contributed by atoms with E-state index in [2.05, 4.69) is 56.8 Å². The molecule has 6 rings (SSSR count). The van der Waals surface area contributed by atoms with Gasteiger partial charge >= 0.3 is 0 Å². The molecule has 0 fully saturated rings. The van der Waals surface area contributed by atoms with Gasteiger partial charge in [-0.15, -0.1) is 0 Å². The Balaban J connectivity index is 2.08. The van der Waals surface area contributed by atoms with Gasteiger partial charge in [-0.05, 0) is 22.9 Å². The summed E-state index contributed by atoms with van der Waals surface area (Å²) < 4.78 is 2.13. The van der Waals surface area contributed by atoms with Crippen molar-refractivity contribution < 1.29 is 0 Å². The first kappa shape index (κ1) is 12.8. The molecule has 0 saturated heterocycles. The molecule has 0 bridgehead atoms. The van der Waals surface area contributed by atoms with Crippen LogP contribution in [0.5, 0.6) is 0 Å². The van der Waals surface area contributed by atoms with Gasteiger partial charge in [-0.1, -0.05) is 48.5 Å². The number of rotatable bonds is 0. The quantitative estimate of drug-likeness (QED) is 0.380. The second-order valence-electron chi connectivity index (χ2n) is 6.20. The maximum absolute atomic E-state index is 4.94. The minimum atomic E-state index is 0.842.